The summed E-state index contributed by atoms with van der Waals surface area (Å²) in [7, 11) is 0. The molecule has 12 heavy (non-hydrogen) atoms. The van der Waals surface area contributed by atoms with E-state index in [0.717, 1.165) is 12.8 Å². The molecule has 0 atom stereocenters. The van der Waals surface area contributed by atoms with E-state index in [2.05, 4.69) is 24.3 Å². The van der Waals surface area contributed by atoms with Gasteiger partial charge in [-0.2, -0.15) is 0 Å². The van der Waals surface area contributed by atoms with Crippen LogP contribution in [-0.2, 0) is 0 Å². The molecule has 0 saturated carbocycles. The normalized spacial score (nSPS) is 30.7. The van der Waals surface area contributed by atoms with Crippen LogP contribution in [0.15, 0.2) is 54.7 Å². The SMILES string of the molecule is [C]1=C/C\C=C/C=C/C=C\C=C\C/1. The molecule has 1 aliphatic rings. The van der Waals surface area contributed by atoms with Gasteiger partial charge in [0.2, 0.25) is 0 Å². The standard InChI is InChI=1S/C12H13/c1-2-4-6-8-10-12-11-9-7-5-3-1/h1-8,11H,9-10H2/b3-1+,4-2-,7-5-,8-6+,12-11?. The average molecular weight is 157 g/mol. The fraction of sp³-hybridized carbons (Fsp3) is 0.167. The predicted octanol–water partition coefficient (Wildman–Crippen LogP) is 3.36. The molecule has 0 fully saturated rings. The summed E-state index contributed by atoms with van der Waals surface area (Å²) in [6.07, 6.45) is 23.5. The fourth-order valence-corrected chi connectivity index (χ4v) is 0.863. The molecule has 0 N–H and O–H groups in total. The number of hydrogen-bond acceptors (Lipinski definition) is 0. The highest BCUT2D eigenvalue weighted by Crippen LogP contribution is 1.92. The van der Waals surface area contributed by atoms with Crippen LogP contribution in [0.5, 0.6) is 0 Å². The largest absolute Gasteiger partial charge is 0.0807 e. The molecule has 0 heterocycles. The van der Waals surface area contributed by atoms with Crippen LogP contribution in [-0.4, -0.2) is 0 Å². The van der Waals surface area contributed by atoms with Gasteiger partial charge in [-0.1, -0.05) is 54.7 Å². The molecular formula is C12H13. The Bertz CT molecular complexity index is 211. The minimum Gasteiger partial charge on any atom is -0.0807 e. The van der Waals surface area contributed by atoms with Gasteiger partial charge in [0.25, 0.3) is 0 Å². The molecule has 0 heteroatoms. The second kappa shape index (κ2) is 6.41. The Balaban J connectivity index is 2.55. The zero-order valence-corrected chi connectivity index (χ0v) is 7.11. The van der Waals surface area contributed by atoms with Crippen LogP contribution >= 0.6 is 0 Å². The van der Waals surface area contributed by atoms with Gasteiger partial charge in [-0.15, -0.1) is 0 Å². The summed E-state index contributed by atoms with van der Waals surface area (Å²) in [5.41, 5.74) is 0. The van der Waals surface area contributed by atoms with Gasteiger partial charge in [-0.05, 0) is 18.9 Å². The van der Waals surface area contributed by atoms with Gasteiger partial charge in [-0.3, -0.25) is 0 Å². The van der Waals surface area contributed by atoms with Gasteiger partial charge in [0.05, 0.1) is 0 Å². The Labute approximate surface area is 74.3 Å². The predicted molar refractivity (Wildman–Crippen MR) is 53.6 cm³/mol. The van der Waals surface area contributed by atoms with Gasteiger partial charge in [-0.25, -0.2) is 0 Å². The summed E-state index contributed by atoms with van der Waals surface area (Å²) in [6, 6.07) is 0. The van der Waals surface area contributed by atoms with Crippen molar-refractivity contribution in [2.75, 3.05) is 0 Å². The first-order chi connectivity index (χ1) is 6.00. The van der Waals surface area contributed by atoms with Crippen molar-refractivity contribution in [1.82, 2.24) is 0 Å². The second-order valence-electron chi connectivity index (χ2n) is 2.47. The van der Waals surface area contributed by atoms with Crippen LogP contribution in [0.2, 0.25) is 0 Å². The molecule has 0 spiro atoms. The van der Waals surface area contributed by atoms with E-state index in [1.165, 1.54) is 0 Å². The highest BCUT2D eigenvalue weighted by molar-refractivity contribution is 5.16. The maximum Gasteiger partial charge on any atom is -0.00946 e. The molecule has 0 saturated heterocycles. The van der Waals surface area contributed by atoms with E-state index in [9.17, 15) is 0 Å². The van der Waals surface area contributed by atoms with Crippen LogP contribution in [0.4, 0.5) is 0 Å². The third-order valence-electron chi connectivity index (χ3n) is 1.46. The van der Waals surface area contributed by atoms with Crippen LogP contribution in [0, 0.1) is 6.08 Å². The van der Waals surface area contributed by atoms with E-state index in [4.69, 9.17) is 0 Å². The summed E-state index contributed by atoms with van der Waals surface area (Å²) in [5.74, 6) is 0. The lowest BCUT2D eigenvalue weighted by Gasteiger charge is -1.82. The topological polar surface area (TPSA) is 0 Å². The lowest BCUT2D eigenvalue weighted by Crippen LogP contribution is -1.63. The molecule has 0 bridgehead atoms. The first-order valence-electron chi connectivity index (χ1n) is 4.20. The van der Waals surface area contributed by atoms with E-state index >= 15 is 0 Å². The van der Waals surface area contributed by atoms with E-state index in [1.54, 1.807) is 0 Å². The Morgan fingerprint density at radius 1 is 0.750 bits per heavy atom. The first kappa shape index (κ1) is 8.79. The third-order valence-corrected chi connectivity index (χ3v) is 1.46. The van der Waals surface area contributed by atoms with Gasteiger partial charge < -0.3 is 0 Å². The van der Waals surface area contributed by atoms with Crippen molar-refractivity contribution in [2.24, 2.45) is 0 Å². The van der Waals surface area contributed by atoms with E-state index in [0.29, 0.717) is 0 Å². The minimum absolute atomic E-state index is 0.905. The van der Waals surface area contributed by atoms with Crippen molar-refractivity contribution in [3.8, 4) is 0 Å². The highest BCUT2D eigenvalue weighted by atomic mass is 13.8. The number of hydrogen-bond donors (Lipinski definition) is 0. The molecule has 1 aliphatic carbocycles. The summed E-state index contributed by atoms with van der Waals surface area (Å²) in [4.78, 5) is 0. The lowest BCUT2D eigenvalue weighted by molar-refractivity contribution is 1.27. The number of rotatable bonds is 0. The van der Waals surface area contributed by atoms with Crippen LogP contribution in [0.3, 0.4) is 0 Å². The smallest absolute Gasteiger partial charge is 0.00946 e. The molecule has 0 amide bonds. The molecule has 0 unspecified atom stereocenters. The number of allylic oxidation sites excluding steroid dienone is 10. The Hall–Kier alpha value is -1.30. The van der Waals surface area contributed by atoms with E-state index in [1.807, 2.05) is 36.5 Å². The minimum atomic E-state index is 0.905. The zero-order valence-electron chi connectivity index (χ0n) is 7.11. The molecule has 0 aromatic rings. The zero-order chi connectivity index (χ0) is 8.49. The molecule has 0 aliphatic heterocycles. The van der Waals surface area contributed by atoms with Crippen LogP contribution in [0.1, 0.15) is 12.8 Å². The van der Waals surface area contributed by atoms with Gasteiger partial charge >= 0.3 is 0 Å². The van der Waals surface area contributed by atoms with Crippen molar-refractivity contribution in [3.05, 3.63) is 60.8 Å². The van der Waals surface area contributed by atoms with Crippen LogP contribution in [0.25, 0.3) is 0 Å². The molecule has 0 nitrogen and oxygen atoms in total. The van der Waals surface area contributed by atoms with Crippen molar-refractivity contribution >= 4 is 0 Å². The van der Waals surface area contributed by atoms with Crippen molar-refractivity contribution in [2.45, 2.75) is 12.8 Å². The summed E-state index contributed by atoms with van der Waals surface area (Å²) in [5, 5.41) is 0. The molecule has 1 radical (unpaired) electrons. The van der Waals surface area contributed by atoms with Crippen molar-refractivity contribution in [1.29, 1.82) is 0 Å². The Morgan fingerprint density at radius 3 is 2.25 bits per heavy atom. The third kappa shape index (κ3) is 4.51. The molecule has 0 aromatic carbocycles. The van der Waals surface area contributed by atoms with Gasteiger partial charge in [0.15, 0.2) is 0 Å². The summed E-state index contributed by atoms with van der Waals surface area (Å²) < 4.78 is 0. The quantitative estimate of drug-likeness (QED) is 0.505. The maximum absolute atomic E-state index is 3.18. The lowest BCUT2D eigenvalue weighted by atomic mass is 10.2. The molecule has 1 rings (SSSR count). The average Bonchev–Trinajstić information content (AvgIpc) is 2.05. The molecule has 0 aromatic heterocycles. The second-order valence-corrected chi connectivity index (χ2v) is 2.47. The Morgan fingerprint density at radius 2 is 1.42 bits per heavy atom. The summed E-state index contributed by atoms with van der Waals surface area (Å²) >= 11 is 0. The van der Waals surface area contributed by atoms with Crippen molar-refractivity contribution < 1.29 is 0 Å². The molecule has 61 valence electrons. The maximum atomic E-state index is 3.18. The van der Waals surface area contributed by atoms with E-state index < -0.39 is 0 Å². The fourth-order valence-electron chi connectivity index (χ4n) is 0.863. The summed E-state index contributed by atoms with van der Waals surface area (Å²) in [6.45, 7) is 0. The van der Waals surface area contributed by atoms with E-state index in [-0.39, 0.29) is 0 Å². The highest BCUT2D eigenvalue weighted by Gasteiger charge is 1.73. The van der Waals surface area contributed by atoms with Crippen molar-refractivity contribution in [3.63, 3.8) is 0 Å². The Kier molecular flexibility index (Phi) is 4.70. The van der Waals surface area contributed by atoms with Crippen LogP contribution < -0.4 is 0 Å². The van der Waals surface area contributed by atoms with Gasteiger partial charge in [0.1, 0.15) is 0 Å². The molecular weight excluding hydrogens is 144 g/mol. The monoisotopic (exact) mass is 157 g/mol. The van der Waals surface area contributed by atoms with Gasteiger partial charge in [0, 0.05) is 0 Å². The first-order valence-corrected chi connectivity index (χ1v) is 4.20.